The fraction of sp³-hybridized carbons (Fsp3) is 0.429. The molecular formula is C14H15Cl2N3O2. The predicted molar refractivity (Wildman–Crippen MR) is 80.5 cm³/mol. The Labute approximate surface area is 132 Å². The third-order valence-electron chi connectivity index (χ3n) is 3.17. The van der Waals surface area contributed by atoms with Crippen molar-refractivity contribution in [3.05, 3.63) is 34.6 Å². The molecule has 1 aromatic heterocycles. The van der Waals surface area contributed by atoms with E-state index in [1.54, 1.807) is 4.68 Å². The monoisotopic (exact) mass is 327 g/mol. The van der Waals surface area contributed by atoms with E-state index in [0.29, 0.717) is 36.3 Å². The first-order valence-corrected chi connectivity index (χ1v) is 7.57. The molecule has 0 spiro atoms. The van der Waals surface area contributed by atoms with Crippen LogP contribution in [0.2, 0.25) is 5.02 Å². The molecule has 1 atom stereocenters. The van der Waals surface area contributed by atoms with E-state index in [9.17, 15) is 0 Å². The van der Waals surface area contributed by atoms with Gasteiger partial charge in [-0.05, 0) is 24.6 Å². The highest BCUT2D eigenvalue weighted by atomic mass is 35.5. The summed E-state index contributed by atoms with van der Waals surface area (Å²) >= 11 is 12.3. The molecule has 0 N–H and O–H groups in total. The van der Waals surface area contributed by atoms with Crippen LogP contribution in [-0.4, -0.2) is 28.2 Å². The van der Waals surface area contributed by atoms with Gasteiger partial charge in [0.1, 0.15) is 5.69 Å². The number of hydrogen-bond acceptors (Lipinski definition) is 4. The number of ether oxygens (including phenoxy) is 2. The first kappa shape index (κ1) is 14.5. The third kappa shape index (κ3) is 3.24. The average molecular weight is 328 g/mol. The van der Waals surface area contributed by atoms with E-state index < -0.39 is 0 Å². The van der Waals surface area contributed by atoms with E-state index in [4.69, 9.17) is 32.7 Å². The van der Waals surface area contributed by atoms with Crippen molar-refractivity contribution in [2.45, 2.75) is 25.3 Å². The maximum atomic E-state index is 6.27. The van der Waals surface area contributed by atoms with Crippen LogP contribution < -0.4 is 9.47 Å². The van der Waals surface area contributed by atoms with Crippen molar-refractivity contribution in [2.75, 3.05) is 13.2 Å². The molecule has 2 heterocycles. The first-order valence-electron chi connectivity index (χ1n) is 6.75. The summed E-state index contributed by atoms with van der Waals surface area (Å²) in [5, 5.41) is 8.48. The molecule has 0 radical (unpaired) electrons. The van der Waals surface area contributed by atoms with Crippen molar-refractivity contribution < 1.29 is 9.47 Å². The molecule has 0 bridgehead atoms. The standard InChI is InChI=1S/C14H15Cl2N3O2/c1-9(15)12-8-19(18-17-12)7-10-5-11(16)14-13(6-10)20-3-2-4-21-14/h5-6,8-9H,2-4,7H2,1H3. The van der Waals surface area contributed by atoms with Gasteiger partial charge in [-0.25, -0.2) is 4.68 Å². The molecule has 0 aliphatic carbocycles. The second kappa shape index (κ2) is 6.12. The Bertz CT molecular complexity index is 643. The fourth-order valence-electron chi connectivity index (χ4n) is 2.14. The zero-order valence-electron chi connectivity index (χ0n) is 11.6. The number of rotatable bonds is 3. The van der Waals surface area contributed by atoms with Crippen LogP contribution >= 0.6 is 23.2 Å². The van der Waals surface area contributed by atoms with Crippen molar-refractivity contribution >= 4 is 23.2 Å². The lowest BCUT2D eigenvalue weighted by atomic mass is 10.2. The smallest absolute Gasteiger partial charge is 0.179 e. The normalized spacial score (nSPS) is 15.6. The van der Waals surface area contributed by atoms with Gasteiger partial charge in [-0.2, -0.15) is 0 Å². The molecule has 5 nitrogen and oxygen atoms in total. The van der Waals surface area contributed by atoms with Gasteiger partial charge < -0.3 is 9.47 Å². The van der Waals surface area contributed by atoms with Gasteiger partial charge in [0.25, 0.3) is 0 Å². The molecule has 0 fully saturated rings. The molecule has 112 valence electrons. The Kier molecular flexibility index (Phi) is 4.22. The minimum absolute atomic E-state index is 0.161. The Morgan fingerprint density at radius 1 is 1.33 bits per heavy atom. The molecule has 1 aromatic carbocycles. The van der Waals surface area contributed by atoms with Crippen LogP contribution in [0.25, 0.3) is 0 Å². The molecule has 0 amide bonds. The summed E-state index contributed by atoms with van der Waals surface area (Å²) in [6.07, 6.45) is 2.68. The van der Waals surface area contributed by atoms with Gasteiger partial charge in [-0.3, -0.25) is 0 Å². The quantitative estimate of drug-likeness (QED) is 0.810. The molecule has 1 aliphatic rings. The lowest BCUT2D eigenvalue weighted by Crippen LogP contribution is -2.02. The minimum atomic E-state index is -0.161. The Balaban J connectivity index is 1.85. The maximum absolute atomic E-state index is 6.27. The summed E-state index contributed by atoms with van der Waals surface area (Å²) < 4.78 is 13.0. The molecule has 0 saturated heterocycles. The number of nitrogens with zero attached hydrogens (tertiary/aromatic N) is 3. The lowest BCUT2D eigenvalue weighted by molar-refractivity contribution is 0.297. The van der Waals surface area contributed by atoms with Gasteiger partial charge in [-0.1, -0.05) is 16.8 Å². The summed E-state index contributed by atoms with van der Waals surface area (Å²) in [6.45, 7) is 3.66. The lowest BCUT2D eigenvalue weighted by Gasteiger charge is -2.11. The van der Waals surface area contributed by atoms with E-state index in [2.05, 4.69) is 10.3 Å². The summed E-state index contributed by atoms with van der Waals surface area (Å²) in [6, 6.07) is 3.79. The van der Waals surface area contributed by atoms with Crippen LogP contribution in [0.4, 0.5) is 0 Å². The van der Waals surface area contributed by atoms with Crippen LogP contribution in [-0.2, 0) is 6.54 Å². The Morgan fingerprint density at radius 2 is 2.14 bits per heavy atom. The second-order valence-corrected chi connectivity index (χ2v) is 5.97. The van der Waals surface area contributed by atoms with Gasteiger partial charge in [0, 0.05) is 6.42 Å². The summed E-state index contributed by atoms with van der Waals surface area (Å²) in [5.74, 6) is 1.30. The van der Waals surface area contributed by atoms with E-state index in [1.807, 2.05) is 25.3 Å². The number of halogens is 2. The topological polar surface area (TPSA) is 49.2 Å². The number of hydrogen-bond donors (Lipinski definition) is 0. The van der Waals surface area contributed by atoms with Crippen molar-refractivity contribution in [1.82, 2.24) is 15.0 Å². The molecule has 7 heteroatoms. The van der Waals surface area contributed by atoms with Crippen molar-refractivity contribution in [1.29, 1.82) is 0 Å². The van der Waals surface area contributed by atoms with Crippen LogP contribution in [0, 0.1) is 0 Å². The number of alkyl halides is 1. The van der Waals surface area contributed by atoms with Crippen molar-refractivity contribution in [2.24, 2.45) is 0 Å². The van der Waals surface area contributed by atoms with Crippen LogP contribution in [0.15, 0.2) is 18.3 Å². The van der Waals surface area contributed by atoms with Crippen LogP contribution in [0.1, 0.15) is 30.0 Å². The van der Waals surface area contributed by atoms with E-state index >= 15 is 0 Å². The number of fused-ring (bicyclic) bond motifs is 1. The maximum Gasteiger partial charge on any atom is 0.179 e. The highest BCUT2D eigenvalue weighted by Gasteiger charge is 2.16. The van der Waals surface area contributed by atoms with Crippen LogP contribution in [0.3, 0.4) is 0 Å². The molecule has 2 aromatic rings. The number of benzene rings is 1. The molecule has 1 unspecified atom stereocenters. The molecular weight excluding hydrogens is 313 g/mol. The summed E-state index contributed by atoms with van der Waals surface area (Å²) in [7, 11) is 0. The zero-order valence-corrected chi connectivity index (χ0v) is 13.1. The summed E-state index contributed by atoms with van der Waals surface area (Å²) in [4.78, 5) is 0. The zero-order chi connectivity index (χ0) is 14.8. The van der Waals surface area contributed by atoms with Gasteiger partial charge in [0.15, 0.2) is 11.5 Å². The molecule has 0 saturated carbocycles. The number of aromatic nitrogens is 3. The van der Waals surface area contributed by atoms with Gasteiger partial charge in [-0.15, -0.1) is 16.7 Å². The highest BCUT2D eigenvalue weighted by molar-refractivity contribution is 6.32. The molecule has 1 aliphatic heterocycles. The summed E-state index contributed by atoms with van der Waals surface area (Å²) in [5.41, 5.74) is 1.72. The average Bonchev–Trinajstić information content (AvgIpc) is 2.76. The third-order valence-corrected chi connectivity index (χ3v) is 3.67. The van der Waals surface area contributed by atoms with E-state index in [1.165, 1.54) is 0 Å². The fourth-order valence-corrected chi connectivity index (χ4v) is 2.52. The Morgan fingerprint density at radius 3 is 2.90 bits per heavy atom. The van der Waals surface area contributed by atoms with Gasteiger partial charge >= 0.3 is 0 Å². The van der Waals surface area contributed by atoms with Crippen LogP contribution in [0.5, 0.6) is 11.5 Å². The van der Waals surface area contributed by atoms with Gasteiger partial charge in [0.2, 0.25) is 0 Å². The Hall–Kier alpha value is -1.46. The van der Waals surface area contributed by atoms with Gasteiger partial charge in [0.05, 0.1) is 36.4 Å². The van der Waals surface area contributed by atoms with Crippen molar-refractivity contribution in [3.8, 4) is 11.5 Å². The molecule has 21 heavy (non-hydrogen) atoms. The molecule has 3 rings (SSSR count). The van der Waals surface area contributed by atoms with Crippen molar-refractivity contribution in [3.63, 3.8) is 0 Å². The minimum Gasteiger partial charge on any atom is -0.489 e. The van der Waals surface area contributed by atoms with E-state index in [-0.39, 0.29) is 5.38 Å². The SMILES string of the molecule is CC(Cl)c1cn(Cc2cc(Cl)c3c(c2)OCCCO3)nn1. The highest BCUT2D eigenvalue weighted by Crippen LogP contribution is 2.38. The largest absolute Gasteiger partial charge is 0.489 e. The predicted octanol–water partition coefficient (Wildman–Crippen LogP) is 3.44. The first-order chi connectivity index (χ1) is 10.1. The van der Waals surface area contributed by atoms with E-state index in [0.717, 1.165) is 17.7 Å². The second-order valence-electron chi connectivity index (χ2n) is 4.91.